The van der Waals surface area contributed by atoms with Crippen LogP contribution < -0.4 is 9.62 Å². The number of anilines is 1. The van der Waals surface area contributed by atoms with E-state index >= 15 is 0 Å². The fraction of sp³-hybridized carbons (Fsp3) is 0.286. The van der Waals surface area contributed by atoms with E-state index in [2.05, 4.69) is 5.32 Å². The quantitative estimate of drug-likeness (QED) is 0.431. The van der Waals surface area contributed by atoms with E-state index in [9.17, 15) is 18.0 Å². The Morgan fingerprint density at radius 3 is 1.89 bits per heavy atom. The van der Waals surface area contributed by atoms with Gasteiger partial charge in [0, 0.05) is 20.0 Å². The molecule has 0 saturated carbocycles. The summed E-state index contributed by atoms with van der Waals surface area (Å²) in [5, 5.41) is 2.67. The Labute approximate surface area is 213 Å². The summed E-state index contributed by atoms with van der Waals surface area (Å²) in [6.07, 6.45) is 2.19. The van der Waals surface area contributed by atoms with Gasteiger partial charge in [0.2, 0.25) is 21.8 Å². The molecule has 7 nitrogen and oxygen atoms in total. The molecule has 8 heteroatoms. The minimum atomic E-state index is -3.76. The first-order valence-corrected chi connectivity index (χ1v) is 13.7. The number of sulfonamides is 1. The Bertz CT molecular complexity index is 1250. The van der Waals surface area contributed by atoms with Crippen molar-refractivity contribution in [1.29, 1.82) is 0 Å². The van der Waals surface area contributed by atoms with Gasteiger partial charge in [0.25, 0.3) is 0 Å². The summed E-state index contributed by atoms with van der Waals surface area (Å²) < 4.78 is 26.6. The van der Waals surface area contributed by atoms with E-state index < -0.39 is 28.5 Å². The Balaban J connectivity index is 1.99. The SMILES string of the molecule is CCc1ccc(N(CC(=O)N(Cc2ccccc2)C(Cc2ccccc2)C(=O)NC)S(C)(=O)=O)cc1. The highest BCUT2D eigenvalue weighted by atomic mass is 32.2. The molecule has 36 heavy (non-hydrogen) atoms. The van der Waals surface area contributed by atoms with Crippen molar-refractivity contribution < 1.29 is 18.0 Å². The molecule has 0 aromatic heterocycles. The highest BCUT2D eigenvalue weighted by Gasteiger charge is 2.32. The minimum Gasteiger partial charge on any atom is -0.357 e. The lowest BCUT2D eigenvalue weighted by Gasteiger charge is -2.33. The Morgan fingerprint density at radius 2 is 1.39 bits per heavy atom. The number of amides is 2. The first kappa shape index (κ1) is 26.9. The molecular weight excluding hydrogens is 474 g/mol. The van der Waals surface area contributed by atoms with Gasteiger partial charge in [0.05, 0.1) is 11.9 Å². The van der Waals surface area contributed by atoms with Crippen molar-refractivity contribution in [2.45, 2.75) is 32.4 Å². The van der Waals surface area contributed by atoms with Crippen LogP contribution in [-0.4, -0.2) is 51.0 Å². The molecule has 0 saturated heterocycles. The molecule has 0 spiro atoms. The van der Waals surface area contributed by atoms with Gasteiger partial charge in [-0.05, 0) is 35.2 Å². The summed E-state index contributed by atoms with van der Waals surface area (Å²) in [6.45, 7) is 1.76. The largest absolute Gasteiger partial charge is 0.357 e. The fourth-order valence-electron chi connectivity index (χ4n) is 4.01. The lowest BCUT2D eigenvalue weighted by molar-refractivity contribution is -0.139. The molecule has 2 amide bonds. The molecule has 190 valence electrons. The summed E-state index contributed by atoms with van der Waals surface area (Å²) in [4.78, 5) is 28.3. The third-order valence-electron chi connectivity index (χ3n) is 6.03. The van der Waals surface area contributed by atoms with Crippen LogP contribution >= 0.6 is 0 Å². The van der Waals surface area contributed by atoms with Crippen molar-refractivity contribution in [3.8, 4) is 0 Å². The van der Waals surface area contributed by atoms with E-state index in [0.29, 0.717) is 12.1 Å². The Morgan fingerprint density at radius 1 is 0.833 bits per heavy atom. The van der Waals surface area contributed by atoms with Crippen molar-refractivity contribution in [3.63, 3.8) is 0 Å². The summed E-state index contributed by atoms with van der Waals surface area (Å²) >= 11 is 0. The van der Waals surface area contributed by atoms with Crippen LogP contribution in [0, 0.1) is 0 Å². The highest BCUT2D eigenvalue weighted by Crippen LogP contribution is 2.21. The second-order valence-corrected chi connectivity index (χ2v) is 10.5. The molecule has 0 radical (unpaired) electrons. The van der Waals surface area contributed by atoms with Crippen molar-refractivity contribution in [2.24, 2.45) is 0 Å². The molecule has 1 unspecified atom stereocenters. The molecule has 0 fully saturated rings. The molecule has 0 aliphatic rings. The lowest BCUT2D eigenvalue weighted by atomic mass is 10.0. The predicted molar refractivity (Wildman–Crippen MR) is 143 cm³/mol. The van der Waals surface area contributed by atoms with Gasteiger partial charge in [-0.25, -0.2) is 8.42 Å². The van der Waals surface area contributed by atoms with Crippen molar-refractivity contribution in [1.82, 2.24) is 10.2 Å². The van der Waals surface area contributed by atoms with Crippen LogP contribution in [0.5, 0.6) is 0 Å². The molecular formula is C28H33N3O4S. The molecule has 0 heterocycles. The maximum Gasteiger partial charge on any atom is 0.244 e. The predicted octanol–water partition coefficient (Wildman–Crippen LogP) is 3.40. The van der Waals surface area contributed by atoms with E-state index in [1.54, 1.807) is 12.1 Å². The van der Waals surface area contributed by atoms with Crippen LogP contribution in [0.15, 0.2) is 84.9 Å². The standard InChI is InChI=1S/C28H33N3O4S/c1-4-22-15-17-25(18-16-22)31(36(3,34)35)21-27(32)30(20-24-13-9-6-10-14-24)26(28(33)29-2)19-23-11-7-5-8-12-23/h5-18,26H,4,19-21H2,1-3H3,(H,29,33). The molecule has 3 aromatic carbocycles. The first-order chi connectivity index (χ1) is 17.2. The molecule has 0 aliphatic carbocycles. The Hall–Kier alpha value is -3.65. The second-order valence-electron chi connectivity index (χ2n) is 8.62. The third-order valence-corrected chi connectivity index (χ3v) is 7.17. The van der Waals surface area contributed by atoms with E-state index in [-0.39, 0.29) is 12.5 Å². The van der Waals surface area contributed by atoms with Crippen LogP contribution in [0.2, 0.25) is 0 Å². The van der Waals surface area contributed by atoms with Crippen LogP contribution in [0.25, 0.3) is 0 Å². The number of rotatable bonds is 11. The highest BCUT2D eigenvalue weighted by molar-refractivity contribution is 7.92. The van der Waals surface area contributed by atoms with Gasteiger partial charge in [-0.3, -0.25) is 13.9 Å². The van der Waals surface area contributed by atoms with Crippen molar-refractivity contribution >= 4 is 27.5 Å². The van der Waals surface area contributed by atoms with E-state index in [0.717, 1.165) is 33.7 Å². The van der Waals surface area contributed by atoms with Gasteiger partial charge in [-0.2, -0.15) is 0 Å². The number of hydrogen-bond donors (Lipinski definition) is 1. The number of aryl methyl sites for hydroxylation is 1. The van der Waals surface area contributed by atoms with Gasteiger partial charge >= 0.3 is 0 Å². The number of likely N-dealkylation sites (N-methyl/N-ethyl adjacent to an activating group) is 1. The van der Waals surface area contributed by atoms with E-state index in [1.165, 1.54) is 11.9 Å². The molecule has 1 N–H and O–H groups in total. The maximum atomic E-state index is 13.8. The van der Waals surface area contributed by atoms with Gasteiger partial charge in [-0.1, -0.05) is 79.7 Å². The maximum absolute atomic E-state index is 13.8. The number of nitrogens with one attached hydrogen (secondary N) is 1. The molecule has 0 bridgehead atoms. The topological polar surface area (TPSA) is 86.8 Å². The number of carbonyl (C=O) groups excluding carboxylic acids is 2. The average molecular weight is 508 g/mol. The molecule has 3 rings (SSSR count). The van der Waals surface area contributed by atoms with Gasteiger partial charge in [0.1, 0.15) is 12.6 Å². The van der Waals surface area contributed by atoms with Gasteiger partial charge < -0.3 is 10.2 Å². The number of hydrogen-bond acceptors (Lipinski definition) is 4. The van der Waals surface area contributed by atoms with Crippen LogP contribution in [-0.2, 0) is 39.0 Å². The second kappa shape index (κ2) is 12.4. The van der Waals surface area contributed by atoms with Crippen LogP contribution in [0.3, 0.4) is 0 Å². The zero-order chi connectivity index (χ0) is 26.1. The zero-order valence-corrected chi connectivity index (χ0v) is 21.7. The number of carbonyl (C=O) groups is 2. The number of benzene rings is 3. The van der Waals surface area contributed by atoms with E-state index in [4.69, 9.17) is 0 Å². The molecule has 1 atom stereocenters. The average Bonchev–Trinajstić information content (AvgIpc) is 2.89. The fourth-order valence-corrected chi connectivity index (χ4v) is 4.86. The van der Waals surface area contributed by atoms with Gasteiger partial charge in [-0.15, -0.1) is 0 Å². The van der Waals surface area contributed by atoms with Crippen LogP contribution in [0.1, 0.15) is 23.6 Å². The monoisotopic (exact) mass is 507 g/mol. The van der Waals surface area contributed by atoms with Crippen LogP contribution in [0.4, 0.5) is 5.69 Å². The summed E-state index contributed by atoms with van der Waals surface area (Å²) in [7, 11) is -2.23. The summed E-state index contributed by atoms with van der Waals surface area (Å²) in [5.74, 6) is -0.783. The molecule has 3 aromatic rings. The summed E-state index contributed by atoms with van der Waals surface area (Å²) in [5.41, 5.74) is 3.20. The third kappa shape index (κ3) is 7.18. The smallest absolute Gasteiger partial charge is 0.244 e. The Kier molecular flexibility index (Phi) is 9.25. The van der Waals surface area contributed by atoms with Crippen molar-refractivity contribution in [2.75, 3.05) is 24.2 Å². The van der Waals surface area contributed by atoms with E-state index in [1.807, 2.05) is 79.7 Å². The first-order valence-electron chi connectivity index (χ1n) is 11.9. The molecule has 0 aliphatic heterocycles. The lowest BCUT2D eigenvalue weighted by Crippen LogP contribution is -2.52. The number of nitrogens with zero attached hydrogens (tertiary/aromatic N) is 2. The zero-order valence-electron chi connectivity index (χ0n) is 20.9. The minimum absolute atomic E-state index is 0.164. The van der Waals surface area contributed by atoms with Crippen molar-refractivity contribution in [3.05, 3.63) is 102 Å². The summed E-state index contributed by atoms with van der Waals surface area (Å²) in [6, 6.07) is 25.1. The van der Waals surface area contributed by atoms with Gasteiger partial charge in [0.15, 0.2) is 0 Å². The normalized spacial score (nSPS) is 12.0.